The number of amides is 3. The molecule has 0 aliphatic carbocycles. The molecule has 0 saturated carbocycles. The van der Waals surface area contributed by atoms with Gasteiger partial charge >= 0.3 is 0 Å². The van der Waals surface area contributed by atoms with Gasteiger partial charge in [0.25, 0.3) is 0 Å². The predicted molar refractivity (Wildman–Crippen MR) is 40.6 cm³/mol. The van der Waals surface area contributed by atoms with Gasteiger partial charge in [0.05, 0.1) is 6.04 Å². The molecule has 0 radical (unpaired) electrons. The number of carbonyl (C=O) groups excluding carboxylic acids is 3. The number of imide groups is 1. The molecule has 1 atom stereocenters. The molecular formula is C6H11N3O3. The zero-order chi connectivity index (χ0) is 9.56. The van der Waals surface area contributed by atoms with E-state index in [0.717, 1.165) is 0 Å². The van der Waals surface area contributed by atoms with Crippen LogP contribution in [0.1, 0.15) is 12.8 Å². The van der Waals surface area contributed by atoms with E-state index < -0.39 is 17.9 Å². The van der Waals surface area contributed by atoms with Gasteiger partial charge in [-0.15, -0.1) is 0 Å². The maximum Gasteiger partial charge on any atom is 0.243 e. The minimum Gasteiger partial charge on any atom is -0.370 e. The first-order valence-corrected chi connectivity index (χ1v) is 3.36. The van der Waals surface area contributed by atoms with Gasteiger partial charge in [0, 0.05) is 6.42 Å². The first kappa shape index (κ1) is 10.6. The Hall–Kier alpha value is -1.43. The molecule has 5 N–H and O–H groups in total. The molecule has 0 aromatic carbocycles. The number of hydrogen-bond acceptors (Lipinski definition) is 4. The topological polar surface area (TPSA) is 115 Å². The molecule has 0 heterocycles. The van der Waals surface area contributed by atoms with E-state index in [-0.39, 0.29) is 19.3 Å². The van der Waals surface area contributed by atoms with E-state index in [9.17, 15) is 14.4 Å². The average molecular weight is 173 g/mol. The Morgan fingerprint density at radius 2 is 2.08 bits per heavy atom. The molecule has 0 unspecified atom stereocenters. The first-order valence-electron chi connectivity index (χ1n) is 3.36. The molecule has 0 spiro atoms. The fourth-order valence-electron chi connectivity index (χ4n) is 0.594. The van der Waals surface area contributed by atoms with E-state index in [1.165, 1.54) is 0 Å². The summed E-state index contributed by atoms with van der Waals surface area (Å²) in [6.07, 6.45) is 0.426. The quantitative estimate of drug-likeness (QED) is 0.411. The standard InChI is InChI=1S/C6H11N3O3/c7-4(1-2-5(8)11)6(12)9-3-10/h3-4H,1-2,7H2,(H2,8,11)(H,9,10,12)/t4-/m0/s1. The average Bonchev–Trinajstić information content (AvgIpc) is 2.00. The van der Waals surface area contributed by atoms with Crippen molar-refractivity contribution in [3.63, 3.8) is 0 Å². The van der Waals surface area contributed by atoms with Crippen molar-refractivity contribution >= 4 is 18.2 Å². The zero-order valence-corrected chi connectivity index (χ0v) is 6.45. The molecule has 3 amide bonds. The number of hydrogen-bond donors (Lipinski definition) is 3. The molecule has 0 aromatic heterocycles. The van der Waals surface area contributed by atoms with Crippen LogP contribution in [-0.2, 0) is 14.4 Å². The van der Waals surface area contributed by atoms with E-state index in [1.807, 2.05) is 5.32 Å². The first-order chi connectivity index (χ1) is 5.57. The summed E-state index contributed by atoms with van der Waals surface area (Å²) in [5.41, 5.74) is 10.1. The van der Waals surface area contributed by atoms with Crippen molar-refractivity contribution in [1.29, 1.82) is 0 Å². The second kappa shape index (κ2) is 5.25. The summed E-state index contributed by atoms with van der Waals surface area (Å²) in [5.74, 6) is -1.13. The second-order valence-corrected chi connectivity index (χ2v) is 2.24. The molecule has 0 saturated heterocycles. The van der Waals surface area contributed by atoms with Crippen molar-refractivity contribution in [2.45, 2.75) is 18.9 Å². The van der Waals surface area contributed by atoms with Crippen molar-refractivity contribution in [3.05, 3.63) is 0 Å². The van der Waals surface area contributed by atoms with Crippen LogP contribution in [0.5, 0.6) is 0 Å². The molecule has 0 rings (SSSR count). The SMILES string of the molecule is NC(=O)CC[C@H](N)C(=O)NC=O. The molecule has 12 heavy (non-hydrogen) atoms. The van der Waals surface area contributed by atoms with Crippen molar-refractivity contribution in [2.75, 3.05) is 0 Å². The van der Waals surface area contributed by atoms with Crippen LogP contribution in [0.15, 0.2) is 0 Å². The fourth-order valence-corrected chi connectivity index (χ4v) is 0.594. The van der Waals surface area contributed by atoms with Crippen LogP contribution in [0.3, 0.4) is 0 Å². The monoisotopic (exact) mass is 173 g/mol. The summed E-state index contributed by atoms with van der Waals surface area (Å²) in [6.45, 7) is 0. The molecule has 0 aromatic rings. The van der Waals surface area contributed by atoms with Crippen LogP contribution in [-0.4, -0.2) is 24.3 Å². The van der Waals surface area contributed by atoms with Crippen LogP contribution >= 0.6 is 0 Å². The summed E-state index contributed by atoms with van der Waals surface area (Å²) in [4.78, 5) is 30.8. The van der Waals surface area contributed by atoms with Gasteiger partial charge in [-0.3, -0.25) is 19.7 Å². The third-order valence-corrected chi connectivity index (χ3v) is 1.24. The molecule has 6 heteroatoms. The summed E-state index contributed by atoms with van der Waals surface area (Å²) in [6, 6.07) is -0.859. The maximum atomic E-state index is 10.7. The van der Waals surface area contributed by atoms with Gasteiger partial charge in [0.15, 0.2) is 0 Å². The largest absolute Gasteiger partial charge is 0.370 e. The van der Waals surface area contributed by atoms with Crippen molar-refractivity contribution < 1.29 is 14.4 Å². The van der Waals surface area contributed by atoms with E-state index >= 15 is 0 Å². The minimum absolute atomic E-state index is 0.0352. The van der Waals surface area contributed by atoms with E-state index in [0.29, 0.717) is 0 Å². The van der Waals surface area contributed by atoms with E-state index in [2.05, 4.69) is 0 Å². The smallest absolute Gasteiger partial charge is 0.243 e. The van der Waals surface area contributed by atoms with Crippen LogP contribution in [0.4, 0.5) is 0 Å². The number of rotatable bonds is 5. The Kier molecular flexibility index (Phi) is 4.62. The molecule has 0 aliphatic heterocycles. The molecule has 68 valence electrons. The Bertz CT molecular complexity index is 192. The number of nitrogens with one attached hydrogen (secondary N) is 1. The molecular weight excluding hydrogens is 162 g/mol. The van der Waals surface area contributed by atoms with Gasteiger partial charge in [0.2, 0.25) is 18.2 Å². The highest BCUT2D eigenvalue weighted by molar-refractivity contribution is 5.90. The van der Waals surface area contributed by atoms with Crippen molar-refractivity contribution in [3.8, 4) is 0 Å². The summed E-state index contributed by atoms with van der Waals surface area (Å²) in [5, 5.41) is 1.87. The Balaban J connectivity index is 3.70. The molecule has 6 nitrogen and oxygen atoms in total. The zero-order valence-electron chi connectivity index (χ0n) is 6.45. The second-order valence-electron chi connectivity index (χ2n) is 2.24. The van der Waals surface area contributed by atoms with Crippen molar-refractivity contribution in [1.82, 2.24) is 5.32 Å². The lowest BCUT2D eigenvalue weighted by molar-refractivity contribution is -0.126. The third kappa shape index (κ3) is 4.40. The number of primary amides is 1. The van der Waals surface area contributed by atoms with Gasteiger partial charge in [-0.25, -0.2) is 0 Å². The normalized spacial score (nSPS) is 11.8. The molecule has 0 fully saturated rings. The highest BCUT2D eigenvalue weighted by Gasteiger charge is 2.12. The minimum atomic E-state index is -0.859. The van der Waals surface area contributed by atoms with Crippen molar-refractivity contribution in [2.24, 2.45) is 11.5 Å². The van der Waals surface area contributed by atoms with Gasteiger partial charge in [0.1, 0.15) is 0 Å². The lowest BCUT2D eigenvalue weighted by atomic mass is 10.1. The van der Waals surface area contributed by atoms with E-state index in [4.69, 9.17) is 11.5 Å². The highest BCUT2D eigenvalue weighted by Crippen LogP contribution is 1.92. The number of carbonyl (C=O) groups is 3. The fraction of sp³-hybridized carbons (Fsp3) is 0.500. The third-order valence-electron chi connectivity index (χ3n) is 1.24. The predicted octanol–water partition coefficient (Wildman–Crippen LogP) is -2.15. The van der Waals surface area contributed by atoms with Gasteiger partial charge in [-0.2, -0.15) is 0 Å². The summed E-state index contributed by atoms with van der Waals surface area (Å²) < 4.78 is 0. The maximum absolute atomic E-state index is 10.7. The van der Waals surface area contributed by atoms with Crippen LogP contribution in [0.25, 0.3) is 0 Å². The van der Waals surface area contributed by atoms with Gasteiger partial charge in [-0.1, -0.05) is 0 Å². The Morgan fingerprint density at radius 3 is 2.50 bits per heavy atom. The van der Waals surface area contributed by atoms with Crippen LogP contribution in [0, 0.1) is 0 Å². The lowest BCUT2D eigenvalue weighted by Crippen LogP contribution is -2.40. The molecule has 0 bridgehead atoms. The van der Waals surface area contributed by atoms with E-state index in [1.54, 1.807) is 0 Å². The Labute approximate surface area is 69.3 Å². The van der Waals surface area contributed by atoms with Gasteiger partial charge < -0.3 is 11.5 Å². The molecule has 0 aliphatic rings. The van der Waals surface area contributed by atoms with Crippen LogP contribution in [0.2, 0.25) is 0 Å². The highest BCUT2D eigenvalue weighted by atomic mass is 16.2. The Morgan fingerprint density at radius 1 is 1.50 bits per heavy atom. The summed E-state index contributed by atoms with van der Waals surface area (Å²) in [7, 11) is 0. The lowest BCUT2D eigenvalue weighted by Gasteiger charge is -2.06. The van der Waals surface area contributed by atoms with Crippen LogP contribution < -0.4 is 16.8 Å². The number of nitrogens with two attached hydrogens (primary N) is 2. The summed E-state index contributed by atoms with van der Waals surface area (Å²) >= 11 is 0. The van der Waals surface area contributed by atoms with Gasteiger partial charge in [-0.05, 0) is 6.42 Å².